The minimum atomic E-state index is -0.260. The van der Waals surface area contributed by atoms with Crippen LogP contribution in [-0.4, -0.2) is 29.3 Å². The van der Waals surface area contributed by atoms with E-state index in [9.17, 15) is 4.79 Å². The van der Waals surface area contributed by atoms with E-state index in [4.69, 9.17) is 9.84 Å². The highest BCUT2D eigenvalue weighted by molar-refractivity contribution is 5.69. The standard InChI is InChI=1S/C11H13NO3/c13-8-10-3-1-2-9(6-10)7-12-4-5-15-11(12)14/h1-3,6,13H,4-5,7-8H2. The fourth-order valence-electron chi connectivity index (χ4n) is 1.62. The first kappa shape index (κ1) is 9.98. The maximum atomic E-state index is 11.2. The molecule has 1 aliphatic heterocycles. The molecule has 0 saturated carbocycles. The van der Waals surface area contributed by atoms with Gasteiger partial charge in [0.1, 0.15) is 6.61 Å². The number of ether oxygens (including phenoxy) is 1. The largest absolute Gasteiger partial charge is 0.448 e. The second-order valence-electron chi connectivity index (χ2n) is 3.51. The normalized spacial score (nSPS) is 15.5. The smallest absolute Gasteiger partial charge is 0.410 e. The van der Waals surface area contributed by atoms with Crippen LogP contribution < -0.4 is 0 Å². The van der Waals surface area contributed by atoms with E-state index >= 15 is 0 Å². The molecule has 0 aromatic heterocycles. The molecule has 80 valence electrons. The molecule has 0 unspecified atom stereocenters. The molecule has 1 aliphatic rings. The second-order valence-corrected chi connectivity index (χ2v) is 3.51. The van der Waals surface area contributed by atoms with Crippen molar-refractivity contribution in [3.8, 4) is 0 Å². The van der Waals surface area contributed by atoms with Gasteiger partial charge in [0, 0.05) is 6.54 Å². The molecule has 1 heterocycles. The molecule has 2 rings (SSSR count). The summed E-state index contributed by atoms with van der Waals surface area (Å²) in [6, 6.07) is 7.56. The highest BCUT2D eigenvalue weighted by Crippen LogP contribution is 2.12. The summed E-state index contributed by atoms with van der Waals surface area (Å²) in [6.07, 6.45) is -0.260. The summed E-state index contributed by atoms with van der Waals surface area (Å²) in [5.74, 6) is 0. The van der Waals surface area contributed by atoms with Gasteiger partial charge < -0.3 is 14.7 Å². The number of aliphatic hydroxyl groups is 1. The fourth-order valence-corrected chi connectivity index (χ4v) is 1.62. The molecule has 1 N–H and O–H groups in total. The Morgan fingerprint density at radius 1 is 1.40 bits per heavy atom. The first-order chi connectivity index (χ1) is 7.29. The van der Waals surface area contributed by atoms with Gasteiger partial charge in [-0.3, -0.25) is 0 Å². The molecule has 4 nitrogen and oxygen atoms in total. The van der Waals surface area contributed by atoms with E-state index in [1.54, 1.807) is 4.90 Å². The van der Waals surface area contributed by atoms with Crippen LogP contribution in [0.25, 0.3) is 0 Å². The summed E-state index contributed by atoms with van der Waals surface area (Å²) in [7, 11) is 0. The Kier molecular flexibility index (Phi) is 2.87. The van der Waals surface area contributed by atoms with Crippen molar-refractivity contribution in [3.05, 3.63) is 35.4 Å². The molecular formula is C11H13NO3. The van der Waals surface area contributed by atoms with Crippen LogP contribution in [0.1, 0.15) is 11.1 Å². The lowest BCUT2D eigenvalue weighted by Gasteiger charge is -2.12. The van der Waals surface area contributed by atoms with Gasteiger partial charge in [0.2, 0.25) is 0 Å². The monoisotopic (exact) mass is 207 g/mol. The molecular weight excluding hydrogens is 194 g/mol. The maximum Gasteiger partial charge on any atom is 0.410 e. The lowest BCUT2D eigenvalue weighted by atomic mass is 10.1. The molecule has 0 radical (unpaired) electrons. The number of carbonyl (C=O) groups is 1. The highest BCUT2D eigenvalue weighted by atomic mass is 16.6. The van der Waals surface area contributed by atoms with Crippen LogP contribution in [0.5, 0.6) is 0 Å². The number of aliphatic hydroxyl groups excluding tert-OH is 1. The molecule has 0 spiro atoms. The van der Waals surface area contributed by atoms with Crippen LogP contribution in [0.4, 0.5) is 4.79 Å². The molecule has 1 aromatic carbocycles. The molecule has 1 amide bonds. The zero-order valence-corrected chi connectivity index (χ0v) is 8.35. The third-order valence-corrected chi connectivity index (χ3v) is 2.39. The van der Waals surface area contributed by atoms with Crippen LogP contribution in [0.15, 0.2) is 24.3 Å². The quantitative estimate of drug-likeness (QED) is 0.808. The Bertz CT molecular complexity index is 365. The molecule has 1 aromatic rings. The van der Waals surface area contributed by atoms with Crippen LogP contribution in [-0.2, 0) is 17.9 Å². The van der Waals surface area contributed by atoms with Crippen LogP contribution in [0.3, 0.4) is 0 Å². The van der Waals surface area contributed by atoms with Crippen LogP contribution >= 0.6 is 0 Å². The van der Waals surface area contributed by atoms with Gasteiger partial charge in [0.25, 0.3) is 0 Å². The number of cyclic esters (lactones) is 1. The predicted octanol–water partition coefficient (Wildman–Crippen LogP) is 1.13. The average molecular weight is 207 g/mol. The van der Waals surface area contributed by atoms with Crippen molar-refractivity contribution in [2.45, 2.75) is 13.2 Å². The minimum absolute atomic E-state index is 0.0261. The number of rotatable bonds is 3. The number of nitrogens with zero attached hydrogens (tertiary/aromatic N) is 1. The summed E-state index contributed by atoms with van der Waals surface area (Å²) in [5.41, 5.74) is 1.88. The number of benzene rings is 1. The molecule has 15 heavy (non-hydrogen) atoms. The topological polar surface area (TPSA) is 49.8 Å². The van der Waals surface area contributed by atoms with E-state index < -0.39 is 0 Å². The van der Waals surface area contributed by atoms with E-state index in [1.807, 2.05) is 24.3 Å². The summed E-state index contributed by atoms with van der Waals surface area (Å²) in [4.78, 5) is 12.8. The fraction of sp³-hybridized carbons (Fsp3) is 0.364. The van der Waals surface area contributed by atoms with Gasteiger partial charge in [-0.05, 0) is 11.1 Å². The van der Waals surface area contributed by atoms with Crippen molar-refractivity contribution in [3.63, 3.8) is 0 Å². The summed E-state index contributed by atoms with van der Waals surface area (Å²) >= 11 is 0. The van der Waals surface area contributed by atoms with Gasteiger partial charge in [-0.25, -0.2) is 4.79 Å². The van der Waals surface area contributed by atoms with Crippen molar-refractivity contribution < 1.29 is 14.6 Å². The molecule has 1 fully saturated rings. The lowest BCUT2D eigenvalue weighted by molar-refractivity contribution is 0.157. The van der Waals surface area contributed by atoms with Crippen molar-refractivity contribution in [2.75, 3.05) is 13.2 Å². The van der Waals surface area contributed by atoms with Crippen molar-refractivity contribution in [2.24, 2.45) is 0 Å². The van der Waals surface area contributed by atoms with Crippen LogP contribution in [0, 0.1) is 0 Å². The number of hydrogen-bond acceptors (Lipinski definition) is 3. The number of carbonyl (C=O) groups excluding carboxylic acids is 1. The zero-order chi connectivity index (χ0) is 10.7. The van der Waals surface area contributed by atoms with Gasteiger partial charge >= 0.3 is 6.09 Å². The van der Waals surface area contributed by atoms with E-state index in [1.165, 1.54) is 0 Å². The van der Waals surface area contributed by atoms with E-state index in [2.05, 4.69) is 0 Å². The third-order valence-electron chi connectivity index (χ3n) is 2.39. The Labute approximate surface area is 88.1 Å². The zero-order valence-electron chi connectivity index (χ0n) is 8.35. The van der Waals surface area contributed by atoms with Gasteiger partial charge in [0.05, 0.1) is 13.2 Å². The molecule has 0 bridgehead atoms. The van der Waals surface area contributed by atoms with Crippen molar-refractivity contribution in [1.82, 2.24) is 4.90 Å². The number of amides is 1. The van der Waals surface area contributed by atoms with E-state index in [0.29, 0.717) is 19.7 Å². The first-order valence-electron chi connectivity index (χ1n) is 4.90. The number of hydrogen-bond donors (Lipinski definition) is 1. The minimum Gasteiger partial charge on any atom is -0.448 e. The van der Waals surface area contributed by atoms with Gasteiger partial charge in [-0.2, -0.15) is 0 Å². The molecule has 0 atom stereocenters. The SMILES string of the molecule is O=C1OCCN1Cc1cccc(CO)c1. The summed E-state index contributed by atoms with van der Waals surface area (Å²) in [5, 5.41) is 8.97. The average Bonchev–Trinajstić information content (AvgIpc) is 2.65. The Balaban J connectivity index is 2.06. The Hall–Kier alpha value is -1.55. The first-order valence-corrected chi connectivity index (χ1v) is 4.90. The Morgan fingerprint density at radius 2 is 2.20 bits per heavy atom. The van der Waals surface area contributed by atoms with Gasteiger partial charge in [0.15, 0.2) is 0 Å². The maximum absolute atomic E-state index is 11.2. The van der Waals surface area contributed by atoms with Crippen molar-refractivity contribution in [1.29, 1.82) is 0 Å². The lowest BCUT2D eigenvalue weighted by Crippen LogP contribution is -2.23. The third kappa shape index (κ3) is 2.27. The van der Waals surface area contributed by atoms with Gasteiger partial charge in [-0.15, -0.1) is 0 Å². The highest BCUT2D eigenvalue weighted by Gasteiger charge is 2.21. The van der Waals surface area contributed by atoms with E-state index in [-0.39, 0.29) is 12.7 Å². The van der Waals surface area contributed by atoms with Crippen LogP contribution in [0.2, 0.25) is 0 Å². The van der Waals surface area contributed by atoms with Crippen molar-refractivity contribution >= 4 is 6.09 Å². The molecule has 0 aliphatic carbocycles. The molecule has 4 heteroatoms. The summed E-state index contributed by atoms with van der Waals surface area (Å²) in [6.45, 7) is 1.69. The second kappa shape index (κ2) is 4.31. The van der Waals surface area contributed by atoms with Gasteiger partial charge in [-0.1, -0.05) is 24.3 Å². The van der Waals surface area contributed by atoms with E-state index in [0.717, 1.165) is 11.1 Å². The summed E-state index contributed by atoms with van der Waals surface area (Å²) < 4.78 is 4.83. The molecule has 1 saturated heterocycles. The Morgan fingerprint density at radius 3 is 2.87 bits per heavy atom. The predicted molar refractivity (Wildman–Crippen MR) is 54.1 cm³/mol.